The molecule has 2 nitrogen and oxygen atoms in total. The van der Waals surface area contributed by atoms with E-state index in [0.29, 0.717) is 0 Å². The highest BCUT2D eigenvalue weighted by Gasteiger charge is 2.29. The number of hydrogen-bond donors (Lipinski definition) is 1. The molecule has 1 N–H and O–H groups in total. The zero-order chi connectivity index (χ0) is 10.6. The topological polar surface area (TPSA) is 15.3 Å². The van der Waals surface area contributed by atoms with E-state index in [1.54, 1.807) is 0 Å². The largest absolute Gasteiger partial charge is 0.316 e. The molecule has 2 heteroatoms. The van der Waals surface area contributed by atoms with E-state index in [0.717, 1.165) is 25.0 Å². The second-order valence-corrected chi connectivity index (χ2v) is 4.83. The first-order chi connectivity index (χ1) is 6.63. The maximum atomic E-state index is 4.10. The maximum absolute atomic E-state index is 4.10. The van der Waals surface area contributed by atoms with Crippen molar-refractivity contribution >= 4 is 0 Å². The van der Waals surface area contributed by atoms with Crippen LogP contribution in [0.3, 0.4) is 0 Å². The van der Waals surface area contributed by atoms with Crippen molar-refractivity contribution in [2.24, 2.45) is 5.92 Å². The lowest BCUT2D eigenvalue weighted by Gasteiger charge is -2.24. The minimum absolute atomic E-state index is 0.762. The summed E-state index contributed by atoms with van der Waals surface area (Å²) in [6.45, 7) is 11.9. The highest BCUT2D eigenvalue weighted by molar-refractivity contribution is 5.02. The summed E-state index contributed by atoms with van der Waals surface area (Å²) < 4.78 is 0. The highest BCUT2D eigenvalue weighted by Crippen LogP contribution is 2.27. The monoisotopic (exact) mass is 196 g/mol. The average molecular weight is 196 g/mol. The second-order valence-electron chi connectivity index (χ2n) is 4.83. The van der Waals surface area contributed by atoms with Crippen molar-refractivity contribution in [3.8, 4) is 0 Å². The van der Waals surface area contributed by atoms with E-state index in [9.17, 15) is 0 Å². The molecule has 0 aromatic rings. The Morgan fingerprint density at radius 2 is 2.14 bits per heavy atom. The summed E-state index contributed by atoms with van der Waals surface area (Å²) in [7, 11) is 1.98. The molecule has 0 spiro atoms. The maximum Gasteiger partial charge on any atom is 0.0205 e. The van der Waals surface area contributed by atoms with Crippen molar-refractivity contribution in [1.29, 1.82) is 0 Å². The van der Waals surface area contributed by atoms with E-state index in [-0.39, 0.29) is 0 Å². The number of hydrogen-bond acceptors (Lipinski definition) is 2. The molecule has 82 valence electrons. The molecular weight excluding hydrogens is 172 g/mol. The van der Waals surface area contributed by atoms with Gasteiger partial charge in [0, 0.05) is 25.7 Å². The van der Waals surface area contributed by atoms with Crippen molar-refractivity contribution in [2.45, 2.75) is 32.7 Å². The molecule has 1 aliphatic carbocycles. The van der Waals surface area contributed by atoms with E-state index >= 15 is 0 Å². The smallest absolute Gasteiger partial charge is 0.0205 e. The molecule has 14 heavy (non-hydrogen) atoms. The Hall–Kier alpha value is -0.340. The lowest BCUT2D eigenvalue weighted by molar-refractivity contribution is 0.252. The van der Waals surface area contributed by atoms with E-state index in [2.05, 4.69) is 30.6 Å². The van der Waals surface area contributed by atoms with Crippen LogP contribution in [-0.4, -0.2) is 37.6 Å². The van der Waals surface area contributed by atoms with Crippen LogP contribution in [0, 0.1) is 5.92 Å². The van der Waals surface area contributed by atoms with Gasteiger partial charge in [0.25, 0.3) is 0 Å². The van der Waals surface area contributed by atoms with Gasteiger partial charge in [-0.05, 0) is 31.4 Å². The van der Waals surface area contributed by atoms with E-state index in [1.165, 1.54) is 25.0 Å². The van der Waals surface area contributed by atoms with E-state index in [4.69, 9.17) is 0 Å². The summed E-state index contributed by atoms with van der Waals surface area (Å²) in [4.78, 5) is 2.59. The number of likely N-dealkylation sites (N-methyl/N-ethyl adjacent to an activating group) is 1. The Morgan fingerprint density at radius 1 is 1.50 bits per heavy atom. The molecule has 0 aliphatic heterocycles. The molecule has 1 fully saturated rings. The first-order valence-corrected chi connectivity index (χ1v) is 5.68. The second kappa shape index (κ2) is 5.52. The third kappa shape index (κ3) is 4.25. The van der Waals surface area contributed by atoms with Crippen LogP contribution < -0.4 is 5.32 Å². The quantitative estimate of drug-likeness (QED) is 0.625. The fourth-order valence-corrected chi connectivity index (χ4v) is 1.84. The third-order valence-electron chi connectivity index (χ3n) is 2.52. The summed E-state index contributed by atoms with van der Waals surface area (Å²) in [5.41, 5.74) is 1.31. The number of rotatable bonds is 7. The third-order valence-corrected chi connectivity index (χ3v) is 2.52. The molecule has 0 amide bonds. The van der Waals surface area contributed by atoms with Crippen LogP contribution in [-0.2, 0) is 0 Å². The fraction of sp³-hybridized carbons (Fsp3) is 0.833. The fourth-order valence-electron chi connectivity index (χ4n) is 1.84. The van der Waals surface area contributed by atoms with Gasteiger partial charge < -0.3 is 5.32 Å². The molecule has 0 bridgehead atoms. The Bertz CT molecular complexity index is 183. The van der Waals surface area contributed by atoms with Crippen LogP contribution in [0.5, 0.6) is 0 Å². The molecule has 1 aliphatic rings. The predicted octanol–water partition coefficient (Wildman–Crippen LogP) is 1.88. The molecular formula is C12H24N2. The summed E-state index contributed by atoms with van der Waals surface area (Å²) in [6.07, 6.45) is 2.78. The minimum atomic E-state index is 0.762. The van der Waals surface area contributed by atoms with Crippen LogP contribution in [0.4, 0.5) is 0 Å². The van der Waals surface area contributed by atoms with Gasteiger partial charge in [0.2, 0.25) is 0 Å². The summed E-state index contributed by atoms with van der Waals surface area (Å²) in [5.74, 6) is 0.762. The Morgan fingerprint density at radius 3 is 2.57 bits per heavy atom. The molecule has 0 aromatic carbocycles. The van der Waals surface area contributed by atoms with Gasteiger partial charge in [0.05, 0.1) is 0 Å². The zero-order valence-corrected chi connectivity index (χ0v) is 9.84. The Balaban J connectivity index is 2.31. The minimum Gasteiger partial charge on any atom is -0.316 e. The lowest BCUT2D eigenvalue weighted by atomic mass is 10.2. The van der Waals surface area contributed by atoms with Crippen molar-refractivity contribution in [1.82, 2.24) is 10.2 Å². The van der Waals surface area contributed by atoms with Gasteiger partial charge in [-0.2, -0.15) is 0 Å². The predicted molar refractivity (Wildman–Crippen MR) is 62.5 cm³/mol. The van der Waals surface area contributed by atoms with Gasteiger partial charge in [-0.25, -0.2) is 0 Å². The zero-order valence-electron chi connectivity index (χ0n) is 9.84. The number of nitrogens with zero attached hydrogens (tertiary/aromatic N) is 1. The standard InChI is InChI=1S/C12H24N2/c1-10(2)8-14(12-5-6-12)9-11(3)7-13-4/h10,12-13H,3,5-9H2,1-2,4H3. The van der Waals surface area contributed by atoms with Crippen molar-refractivity contribution in [2.75, 3.05) is 26.7 Å². The molecule has 0 atom stereocenters. The van der Waals surface area contributed by atoms with Gasteiger partial charge in [0.15, 0.2) is 0 Å². The summed E-state index contributed by atoms with van der Waals surface area (Å²) >= 11 is 0. The van der Waals surface area contributed by atoms with Crippen LogP contribution in [0.1, 0.15) is 26.7 Å². The Labute approximate surface area is 88.4 Å². The number of nitrogens with one attached hydrogen (secondary N) is 1. The van der Waals surface area contributed by atoms with E-state index < -0.39 is 0 Å². The molecule has 1 saturated carbocycles. The highest BCUT2D eigenvalue weighted by atomic mass is 15.2. The van der Waals surface area contributed by atoms with Crippen molar-refractivity contribution in [3.63, 3.8) is 0 Å². The van der Waals surface area contributed by atoms with Crippen LogP contribution >= 0.6 is 0 Å². The van der Waals surface area contributed by atoms with Gasteiger partial charge in [0.1, 0.15) is 0 Å². The molecule has 0 saturated heterocycles. The van der Waals surface area contributed by atoms with Gasteiger partial charge in [-0.1, -0.05) is 20.4 Å². The first kappa shape index (κ1) is 11.7. The van der Waals surface area contributed by atoms with Crippen molar-refractivity contribution in [3.05, 3.63) is 12.2 Å². The SMILES string of the molecule is C=C(CNC)CN(CC(C)C)C1CC1. The van der Waals surface area contributed by atoms with Crippen molar-refractivity contribution < 1.29 is 0 Å². The molecule has 0 unspecified atom stereocenters. The van der Waals surface area contributed by atoms with Gasteiger partial charge >= 0.3 is 0 Å². The average Bonchev–Trinajstić information content (AvgIpc) is 2.84. The molecule has 0 aromatic heterocycles. The normalized spacial score (nSPS) is 16.6. The molecule has 0 heterocycles. The van der Waals surface area contributed by atoms with Crippen LogP contribution in [0.25, 0.3) is 0 Å². The van der Waals surface area contributed by atoms with Crippen LogP contribution in [0.2, 0.25) is 0 Å². The molecule has 0 radical (unpaired) electrons. The first-order valence-electron chi connectivity index (χ1n) is 5.68. The van der Waals surface area contributed by atoms with Crippen LogP contribution in [0.15, 0.2) is 12.2 Å². The Kier molecular flexibility index (Phi) is 4.63. The van der Waals surface area contributed by atoms with E-state index in [1.807, 2.05) is 7.05 Å². The molecule has 1 rings (SSSR count). The van der Waals surface area contributed by atoms with Gasteiger partial charge in [-0.3, -0.25) is 4.90 Å². The summed E-state index contributed by atoms with van der Waals surface area (Å²) in [6, 6.07) is 0.853. The van der Waals surface area contributed by atoms with Gasteiger partial charge in [-0.15, -0.1) is 0 Å². The lowest BCUT2D eigenvalue weighted by Crippen LogP contribution is -2.33. The summed E-state index contributed by atoms with van der Waals surface area (Å²) in [5, 5.41) is 3.16.